The largest absolute Gasteiger partial charge is 0.234 e. The summed E-state index contributed by atoms with van der Waals surface area (Å²) in [4.78, 5) is 0. The fraction of sp³-hybridized carbons (Fsp3) is 0.417. The fourth-order valence-corrected chi connectivity index (χ4v) is 5.10. The van der Waals surface area contributed by atoms with Crippen LogP contribution in [0.2, 0.25) is 25.7 Å². The Balaban J connectivity index is 2.65. The van der Waals surface area contributed by atoms with Crippen LogP contribution in [0.25, 0.3) is 0 Å². The van der Waals surface area contributed by atoms with Crippen LogP contribution >= 0.6 is 0 Å². The topological polar surface area (TPSA) is 0 Å². The van der Waals surface area contributed by atoms with Crippen LogP contribution in [-0.2, 0) is 0 Å². The summed E-state index contributed by atoms with van der Waals surface area (Å²) in [6.45, 7) is 21.1. The van der Waals surface area contributed by atoms with Gasteiger partial charge in [-0.1, -0.05) is 94.3 Å². The lowest BCUT2D eigenvalue weighted by Crippen LogP contribution is -2.46. The number of hydrogen-bond donors (Lipinski definition) is 0. The molecular formula is C24H35BSi. The molecule has 0 spiro atoms. The molecule has 0 unspecified atom stereocenters. The Morgan fingerprint density at radius 1 is 0.692 bits per heavy atom. The second kappa shape index (κ2) is 8.00. The molecule has 0 radical (unpaired) electrons. The van der Waals surface area contributed by atoms with Crippen molar-refractivity contribution in [1.29, 1.82) is 0 Å². The Morgan fingerprint density at radius 3 is 1.35 bits per heavy atom. The van der Waals surface area contributed by atoms with E-state index in [0.717, 1.165) is 0 Å². The van der Waals surface area contributed by atoms with E-state index < -0.39 is 8.07 Å². The van der Waals surface area contributed by atoms with Crippen molar-refractivity contribution in [3.8, 4) is 0 Å². The molecule has 0 fully saturated rings. The van der Waals surface area contributed by atoms with E-state index >= 15 is 0 Å². The fourth-order valence-electron chi connectivity index (χ4n) is 4.26. The molecule has 2 aromatic rings. The first-order valence-corrected chi connectivity index (χ1v) is 13.5. The van der Waals surface area contributed by atoms with E-state index in [0.29, 0.717) is 6.71 Å². The minimum Gasteiger partial charge on any atom is -0.110 e. The number of allylic oxidation sites excluding steroid dienone is 1. The average Bonchev–Trinajstić information content (AvgIpc) is 2.43. The third-order valence-electron chi connectivity index (χ3n) is 5.16. The van der Waals surface area contributed by atoms with Gasteiger partial charge in [0.15, 0.2) is 0 Å². The molecule has 2 heteroatoms. The van der Waals surface area contributed by atoms with Crippen LogP contribution in [-0.4, -0.2) is 14.8 Å². The minimum absolute atomic E-state index is 0.340. The predicted molar refractivity (Wildman–Crippen MR) is 124 cm³/mol. The van der Waals surface area contributed by atoms with Crippen molar-refractivity contribution in [3.05, 3.63) is 69.7 Å². The molecule has 0 amide bonds. The SMILES string of the molecule is Cc1cc(C)c(B(/C=C/C[Si](C)(C)C)c2c(C)cc(C)cc2C)c(C)c1. The summed E-state index contributed by atoms with van der Waals surface area (Å²) in [6, 6.07) is 10.6. The Bertz CT molecular complexity index is 721. The molecule has 0 aromatic heterocycles. The van der Waals surface area contributed by atoms with Gasteiger partial charge in [0, 0.05) is 8.07 Å². The average molecular weight is 362 g/mol. The molecule has 0 saturated carbocycles. The van der Waals surface area contributed by atoms with Gasteiger partial charge in [0.1, 0.15) is 0 Å². The Kier molecular flexibility index (Phi) is 6.39. The van der Waals surface area contributed by atoms with Crippen LogP contribution in [0.5, 0.6) is 0 Å². The normalized spacial score (nSPS) is 12.0. The summed E-state index contributed by atoms with van der Waals surface area (Å²) in [5.74, 6) is 2.48. The molecule has 0 aliphatic rings. The molecule has 0 saturated heterocycles. The lowest BCUT2D eigenvalue weighted by Gasteiger charge is -2.22. The maximum atomic E-state index is 2.48. The number of benzene rings is 2. The zero-order chi connectivity index (χ0) is 19.6. The summed E-state index contributed by atoms with van der Waals surface area (Å²) in [5, 5.41) is 0. The van der Waals surface area contributed by atoms with Gasteiger partial charge < -0.3 is 0 Å². The van der Waals surface area contributed by atoms with Crippen LogP contribution in [0.3, 0.4) is 0 Å². The number of rotatable bonds is 5. The standard InChI is InChI=1S/C24H35BSi/c1-17-13-19(3)23(20(4)14-17)25(11-10-12-26(7,8)9)24-21(5)15-18(2)16-22(24)6/h10-11,13-16H,12H2,1-9H3/b11-10+. The molecule has 0 bridgehead atoms. The summed E-state index contributed by atoms with van der Waals surface area (Å²) in [5.41, 5.74) is 11.3. The third kappa shape index (κ3) is 5.01. The Morgan fingerprint density at radius 2 is 1.04 bits per heavy atom. The van der Waals surface area contributed by atoms with Gasteiger partial charge >= 0.3 is 0 Å². The number of aryl methyl sites for hydroxylation is 6. The molecule has 0 heterocycles. The summed E-state index contributed by atoms with van der Waals surface area (Å²) in [6.07, 6.45) is 2.45. The molecule has 2 rings (SSSR count). The van der Waals surface area contributed by atoms with Crippen molar-refractivity contribution >= 4 is 25.7 Å². The Hall–Kier alpha value is -1.54. The van der Waals surface area contributed by atoms with Gasteiger partial charge in [-0.25, -0.2) is 0 Å². The molecule has 0 aliphatic heterocycles. The highest BCUT2D eigenvalue weighted by atomic mass is 28.3. The first-order chi connectivity index (χ1) is 12.0. The quantitative estimate of drug-likeness (QED) is 0.609. The van der Waals surface area contributed by atoms with Gasteiger partial charge in [-0.05, 0) is 47.6 Å². The molecule has 26 heavy (non-hydrogen) atoms. The second-order valence-corrected chi connectivity index (χ2v) is 14.8. The molecule has 138 valence electrons. The van der Waals surface area contributed by atoms with Gasteiger partial charge in [0.25, 0.3) is 0 Å². The number of hydrogen-bond acceptors (Lipinski definition) is 0. The van der Waals surface area contributed by atoms with E-state index in [1.54, 1.807) is 0 Å². The van der Waals surface area contributed by atoms with Gasteiger partial charge in [-0.3, -0.25) is 0 Å². The van der Waals surface area contributed by atoms with Crippen LogP contribution in [0.1, 0.15) is 33.4 Å². The van der Waals surface area contributed by atoms with E-state index in [4.69, 9.17) is 0 Å². The van der Waals surface area contributed by atoms with Crippen molar-refractivity contribution in [2.75, 3.05) is 0 Å². The molecule has 2 aromatic carbocycles. The second-order valence-electron chi connectivity index (χ2n) is 9.30. The van der Waals surface area contributed by atoms with Crippen LogP contribution < -0.4 is 10.9 Å². The van der Waals surface area contributed by atoms with Gasteiger partial charge in [0.2, 0.25) is 6.71 Å². The molecule has 0 aliphatic carbocycles. The predicted octanol–water partition coefficient (Wildman–Crippen LogP) is 5.58. The van der Waals surface area contributed by atoms with E-state index in [1.165, 1.54) is 50.4 Å². The zero-order valence-corrected chi connectivity index (χ0v) is 19.2. The first kappa shape index (κ1) is 20.8. The van der Waals surface area contributed by atoms with Gasteiger partial charge in [0.05, 0.1) is 0 Å². The van der Waals surface area contributed by atoms with E-state index in [2.05, 4.69) is 97.5 Å². The Labute approximate surface area is 162 Å². The highest BCUT2D eigenvalue weighted by Crippen LogP contribution is 2.14. The monoisotopic (exact) mass is 362 g/mol. The molecular weight excluding hydrogens is 327 g/mol. The third-order valence-corrected chi connectivity index (χ3v) is 6.62. The van der Waals surface area contributed by atoms with Crippen LogP contribution in [0.15, 0.2) is 36.3 Å². The van der Waals surface area contributed by atoms with Gasteiger partial charge in [-0.15, -0.1) is 5.98 Å². The molecule has 0 atom stereocenters. The van der Waals surface area contributed by atoms with Crippen LogP contribution in [0, 0.1) is 41.5 Å². The minimum atomic E-state index is -1.09. The lowest BCUT2D eigenvalue weighted by atomic mass is 9.37. The van der Waals surface area contributed by atoms with Crippen molar-refractivity contribution < 1.29 is 0 Å². The maximum Gasteiger partial charge on any atom is 0.234 e. The van der Waals surface area contributed by atoms with Crippen molar-refractivity contribution in [2.24, 2.45) is 0 Å². The molecule has 0 N–H and O–H groups in total. The smallest absolute Gasteiger partial charge is 0.110 e. The van der Waals surface area contributed by atoms with Gasteiger partial charge in [-0.2, -0.15) is 0 Å². The summed E-state index contributed by atoms with van der Waals surface area (Å²) in [7, 11) is -1.09. The van der Waals surface area contributed by atoms with Crippen LogP contribution in [0.4, 0.5) is 0 Å². The van der Waals surface area contributed by atoms with E-state index in [-0.39, 0.29) is 0 Å². The highest BCUT2D eigenvalue weighted by Gasteiger charge is 2.24. The van der Waals surface area contributed by atoms with Crippen molar-refractivity contribution in [2.45, 2.75) is 67.2 Å². The maximum absolute atomic E-state index is 2.48. The van der Waals surface area contributed by atoms with E-state index in [1.807, 2.05) is 0 Å². The van der Waals surface area contributed by atoms with E-state index in [9.17, 15) is 0 Å². The summed E-state index contributed by atoms with van der Waals surface area (Å²) < 4.78 is 0. The van der Waals surface area contributed by atoms with Crippen molar-refractivity contribution in [1.82, 2.24) is 0 Å². The zero-order valence-electron chi connectivity index (χ0n) is 18.2. The lowest BCUT2D eigenvalue weighted by molar-refractivity contribution is 1.34. The highest BCUT2D eigenvalue weighted by molar-refractivity contribution is 6.90. The molecule has 0 nitrogen and oxygen atoms in total. The van der Waals surface area contributed by atoms with Crippen molar-refractivity contribution in [3.63, 3.8) is 0 Å². The summed E-state index contributed by atoms with van der Waals surface area (Å²) >= 11 is 0. The first-order valence-electron chi connectivity index (χ1n) is 9.82.